The molecule has 0 radical (unpaired) electrons. The number of rotatable bonds is 9. The van der Waals surface area contributed by atoms with Crippen LogP contribution in [0.4, 0.5) is 0 Å². The number of ether oxygens (including phenoxy) is 1. The molecule has 0 spiro atoms. The van der Waals surface area contributed by atoms with Gasteiger partial charge in [0, 0.05) is 4.88 Å². The Labute approximate surface area is 169 Å². The summed E-state index contributed by atoms with van der Waals surface area (Å²) in [6, 6.07) is 5.40. The molecule has 0 saturated carbocycles. The van der Waals surface area contributed by atoms with Crippen LogP contribution in [0.15, 0.2) is 38.8 Å². The van der Waals surface area contributed by atoms with Gasteiger partial charge >= 0.3 is 5.97 Å². The van der Waals surface area contributed by atoms with Crippen LogP contribution in [0.5, 0.6) is 0 Å². The highest BCUT2D eigenvalue weighted by Gasteiger charge is 2.18. The summed E-state index contributed by atoms with van der Waals surface area (Å²) in [5.41, 5.74) is -0.169. The van der Waals surface area contributed by atoms with Gasteiger partial charge in [-0.1, -0.05) is 18.7 Å². The number of fused-ring (bicyclic) bond motifs is 1. The average Bonchev–Trinajstić information content (AvgIpc) is 3.32. The van der Waals surface area contributed by atoms with E-state index in [-0.39, 0.29) is 36.7 Å². The Morgan fingerprint density at radius 1 is 1.36 bits per heavy atom. The Kier molecular flexibility index (Phi) is 6.69. The zero-order valence-corrected chi connectivity index (χ0v) is 17.2. The molecule has 0 unspecified atom stereocenters. The van der Waals surface area contributed by atoms with Gasteiger partial charge in [0.05, 0.1) is 30.6 Å². The summed E-state index contributed by atoms with van der Waals surface area (Å²) in [6.45, 7) is 4.17. The number of ketones is 1. The molecule has 7 nitrogen and oxygen atoms in total. The second-order valence-corrected chi connectivity index (χ2v) is 8.02. The molecular formula is C19H20N2O5S2. The van der Waals surface area contributed by atoms with E-state index in [2.05, 4.69) is 4.98 Å². The van der Waals surface area contributed by atoms with E-state index < -0.39 is 5.97 Å². The number of Topliss-reactive ketones (excluding diaryl/α,β-unsaturated/α-hetero) is 1. The summed E-state index contributed by atoms with van der Waals surface area (Å²) < 4.78 is 11.7. The third kappa shape index (κ3) is 4.71. The SMILES string of the molecule is CCOC(=O)CC(=O)CSc1nc2sc(CC)cc2c(=O)n1Cc1ccco1. The van der Waals surface area contributed by atoms with Crippen LogP contribution in [-0.4, -0.2) is 33.7 Å². The van der Waals surface area contributed by atoms with Crippen molar-refractivity contribution in [1.29, 1.82) is 0 Å². The molecule has 0 atom stereocenters. The number of esters is 1. The zero-order valence-electron chi connectivity index (χ0n) is 15.6. The number of thiophene rings is 1. The second kappa shape index (κ2) is 9.20. The summed E-state index contributed by atoms with van der Waals surface area (Å²) in [4.78, 5) is 42.9. The number of hydrogen-bond acceptors (Lipinski definition) is 8. The first-order chi connectivity index (χ1) is 13.5. The van der Waals surface area contributed by atoms with Crippen molar-refractivity contribution < 1.29 is 18.7 Å². The molecule has 3 aromatic heterocycles. The molecule has 28 heavy (non-hydrogen) atoms. The minimum atomic E-state index is -0.546. The summed E-state index contributed by atoms with van der Waals surface area (Å²) in [5.74, 6) is -0.173. The van der Waals surface area contributed by atoms with Gasteiger partial charge in [-0.15, -0.1) is 11.3 Å². The summed E-state index contributed by atoms with van der Waals surface area (Å²) >= 11 is 2.62. The third-order valence-corrected chi connectivity index (χ3v) is 6.13. The Bertz CT molecular complexity index is 1040. The lowest BCUT2D eigenvalue weighted by atomic mass is 10.3. The normalized spacial score (nSPS) is 11.1. The average molecular weight is 421 g/mol. The first-order valence-corrected chi connectivity index (χ1v) is 10.7. The van der Waals surface area contributed by atoms with Gasteiger partial charge in [0.2, 0.25) is 0 Å². The topological polar surface area (TPSA) is 91.4 Å². The van der Waals surface area contributed by atoms with Crippen LogP contribution in [0.1, 0.15) is 30.9 Å². The molecule has 0 aromatic carbocycles. The maximum Gasteiger partial charge on any atom is 0.313 e. The number of aryl methyl sites for hydroxylation is 1. The zero-order chi connectivity index (χ0) is 20.1. The molecule has 9 heteroatoms. The molecule has 0 saturated heterocycles. The van der Waals surface area contributed by atoms with Crippen molar-refractivity contribution in [2.24, 2.45) is 0 Å². The number of nitrogens with zero attached hydrogens (tertiary/aromatic N) is 2. The van der Waals surface area contributed by atoms with Gasteiger partial charge in [-0.3, -0.25) is 19.0 Å². The van der Waals surface area contributed by atoms with E-state index in [0.29, 0.717) is 21.1 Å². The number of carbonyl (C=O) groups is 2. The number of furan rings is 1. The van der Waals surface area contributed by atoms with Crippen molar-refractivity contribution in [3.8, 4) is 0 Å². The largest absolute Gasteiger partial charge is 0.467 e. The third-order valence-electron chi connectivity index (χ3n) is 3.92. The molecule has 3 aromatic rings. The summed E-state index contributed by atoms with van der Waals surface area (Å²) in [7, 11) is 0. The minimum absolute atomic E-state index is 0.0287. The van der Waals surface area contributed by atoms with Gasteiger partial charge in [0.15, 0.2) is 10.9 Å². The monoisotopic (exact) mass is 420 g/mol. The van der Waals surface area contributed by atoms with Gasteiger partial charge in [0.1, 0.15) is 17.0 Å². The molecule has 3 heterocycles. The van der Waals surface area contributed by atoms with Crippen LogP contribution in [-0.2, 0) is 27.3 Å². The molecule has 0 N–H and O–H groups in total. The lowest BCUT2D eigenvalue weighted by Crippen LogP contribution is -2.23. The fourth-order valence-corrected chi connectivity index (χ4v) is 4.47. The first kappa shape index (κ1) is 20.3. The quantitative estimate of drug-likeness (QED) is 0.227. The molecule has 0 aliphatic rings. The number of hydrogen-bond donors (Lipinski definition) is 0. The predicted octanol–water partition coefficient (Wildman–Crippen LogP) is 3.28. The Morgan fingerprint density at radius 2 is 2.18 bits per heavy atom. The second-order valence-electron chi connectivity index (χ2n) is 5.96. The Hall–Kier alpha value is -2.39. The maximum atomic E-state index is 13.0. The van der Waals surface area contributed by atoms with Gasteiger partial charge in [-0.05, 0) is 31.5 Å². The van der Waals surface area contributed by atoms with E-state index >= 15 is 0 Å². The number of aromatic nitrogens is 2. The van der Waals surface area contributed by atoms with Gasteiger partial charge < -0.3 is 9.15 Å². The van der Waals surface area contributed by atoms with E-state index in [4.69, 9.17) is 9.15 Å². The minimum Gasteiger partial charge on any atom is -0.467 e. The van der Waals surface area contributed by atoms with Crippen molar-refractivity contribution in [2.75, 3.05) is 12.4 Å². The summed E-state index contributed by atoms with van der Waals surface area (Å²) in [6.07, 6.45) is 2.07. The first-order valence-electron chi connectivity index (χ1n) is 8.87. The standard InChI is InChI=1S/C19H20N2O5S2/c1-3-14-9-15-17(28-14)20-19(27-11-12(22)8-16(23)25-4-2)21(18(15)24)10-13-6-5-7-26-13/h5-7,9H,3-4,8,10-11H2,1-2H3. The van der Waals surface area contributed by atoms with E-state index in [1.54, 1.807) is 25.3 Å². The highest BCUT2D eigenvalue weighted by atomic mass is 32.2. The van der Waals surface area contributed by atoms with E-state index in [1.165, 1.54) is 15.9 Å². The summed E-state index contributed by atoms with van der Waals surface area (Å²) in [5, 5.41) is 0.992. The number of carbonyl (C=O) groups excluding carboxylic acids is 2. The Morgan fingerprint density at radius 3 is 2.86 bits per heavy atom. The van der Waals surface area contributed by atoms with Crippen LogP contribution in [0.3, 0.4) is 0 Å². The molecule has 148 valence electrons. The van der Waals surface area contributed by atoms with Crippen molar-refractivity contribution in [1.82, 2.24) is 9.55 Å². The maximum absolute atomic E-state index is 13.0. The molecule has 0 bridgehead atoms. The lowest BCUT2D eigenvalue weighted by Gasteiger charge is -2.10. The number of thioether (sulfide) groups is 1. The van der Waals surface area contributed by atoms with Gasteiger partial charge in [-0.25, -0.2) is 4.98 Å². The van der Waals surface area contributed by atoms with E-state index in [1.807, 2.05) is 13.0 Å². The fraction of sp³-hybridized carbons (Fsp3) is 0.368. The van der Waals surface area contributed by atoms with Crippen molar-refractivity contribution in [2.45, 2.75) is 38.4 Å². The molecular weight excluding hydrogens is 400 g/mol. The van der Waals surface area contributed by atoms with Crippen molar-refractivity contribution >= 4 is 45.1 Å². The molecule has 0 fully saturated rings. The van der Waals surface area contributed by atoms with Crippen LogP contribution in [0.25, 0.3) is 10.2 Å². The highest BCUT2D eigenvalue weighted by molar-refractivity contribution is 7.99. The molecule has 0 aliphatic heterocycles. The van der Waals surface area contributed by atoms with E-state index in [9.17, 15) is 14.4 Å². The van der Waals surface area contributed by atoms with Crippen LogP contribution < -0.4 is 5.56 Å². The highest BCUT2D eigenvalue weighted by Crippen LogP contribution is 2.25. The smallest absolute Gasteiger partial charge is 0.313 e. The Balaban J connectivity index is 1.89. The fourth-order valence-electron chi connectivity index (χ4n) is 2.60. The van der Waals surface area contributed by atoms with Crippen LogP contribution in [0, 0.1) is 0 Å². The van der Waals surface area contributed by atoms with Gasteiger partial charge in [0.25, 0.3) is 5.56 Å². The van der Waals surface area contributed by atoms with E-state index in [0.717, 1.165) is 23.1 Å². The van der Waals surface area contributed by atoms with Crippen molar-refractivity contribution in [3.05, 3.63) is 45.5 Å². The molecule has 0 aliphatic carbocycles. The van der Waals surface area contributed by atoms with Gasteiger partial charge in [-0.2, -0.15) is 0 Å². The molecule has 0 amide bonds. The lowest BCUT2D eigenvalue weighted by molar-refractivity contribution is -0.145. The molecule has 3 rings (SSSR count). The van der Waals surface area contributed by atoms with Crippen LogP contribution >= 0.6 is 23.1 Å². The van der Waals surface area contributed by atoms with Crippen LogP contribution in [0.2, 0.25) is 0 Å². The predicted molar refractivity (Wildman–Crippen MR) is 108 cm³/mol. The van der Waals surface area contributed by atoms with Crippen molar-refractivity contribution in [3.63, 3.8) is 0 Å².